The summed E-state index contributed by atoms with van der Waals surface area (Å²) >= 11 is 0. The van der Waals surface area contributed by atoms with E-state index in [9.17, 15) is 0 Å². The monoisotopic (exact) mass is 336 g/mol. The zero-order valence-electron chi connectivity index (χ0n) is 14.3. The van der Waals surface area contributed by atoms with E-state index in [1.807, 2.05) is 30.3 Å². The SMILES string of the molecule is C[C@H]1CN(c2nc(Nc3ccccc3)c3nccnc3n2)C[C@H](C)O1. The molecule has 1 aromatic carbocycles. The zero-order valence-corrected chi connectivity index (χ0v) is 14.3. The van der Waals surface area contributed by atoms with Crippen molar-refractivity contribution < 1.29 is 4.74 Å². The molecule has 1 aliphatic rings. The molecule has 1 fully saturated rings. The second-order valence-electron chi connectivity index (χ2n) is 6.25. The van der Waals surface area contributed by atoms with Crippen LogP contribution in [0, 0.1) is 0 Å². The maximum atomic E-state index is 5.81. The highest BCUT2D eigenvalue weighted by Crippen LogP contribution is 2.25. The average molecular weight is 336 g/mol. The van der Waals surface area contributed by atoms with Gasteiger partial charge in [0.1, 0.15) is 0 Å². The minimum absolute atomic E-state index is 0.135. The summed E-state index contributed by atoms with van der Waals surface area (Å²) in [6.45, 7) is 5.63. The Morgan fingerprint density at radius 2 is 1.72 bits per heavy atom. The molecule has 7 nitrogen and oxygen atoms in total. The Kier molecular flexibility index (Phi) is 4.15. The first-order valence-electron chi connectivity index (χ1n) is 8.40. The number of aromatic nitrogens is 4. The van der Waals surface area contributed by atoms with Gasteiger partial charge in [-0.1, -0.05) is 18.2 Å². The topological polar surface area (TPSA) is 76.1 Å². The molecule has 1 N–H and O–H groups in total. The molecule has 7 heteroatoms. The summed E-state index contributed by atoms with van der Waals surface area (Å²) < 4.78 is 5.81. The molecule has 4 rings (SSSR count). The highest BCUT2D eigenvalue weighted by Gasteiger charge is 2.25. The number of hydrogen-bond acceptors (Lipinski definition) is 7. The third-order valence-corrected chi connectivity index (χ3v) is 4.06. The van der Waals surface area contributed by atoms with Gasteiger partial charge in [-0.2, -0.15) is 9.97 Å². The van der Waals surface area contributed by atoms with Crippen LogP contribution in [0.5, 0.6) is 0 Å². The van der Waals surface area contributed by atoms with Gasteiger partial charge in [0.2, 0.25) is 5.95 Å². The number of hydrogen-bond donors (Lipinski definition) is 1. The van der Waals surface area contributed by atoms with E-state index in [-0.39, 0.29) is 12.2 Å². The lowest BCUT2D eigenvalue weighted by molar-refractivity contribution is -0.00569. The van der Waals surface area contributed by atoms with Crippen molar-refractivity contribution in [1.29, 1.82) is 0 Å². The van der Waals surface area contributed by atoms with Crippen molar-refractivity contribution in [2.45, 2.75) is 26.1 Å². The van der Waals surface area contributed by atoms with Crippen LogP contribution < -0.4 is 10.2 Å². The van der Waals surface area contributed by atoms with Gasteiger partial charge in [-0.25, -0.2) is 9.97 Å². The van der Waals surface area contributed by atoms with Crippen LogP contribution in [0.3, 0.4) is 0 Å². The average Bonchev–Trinajstić information content (AvgIpc) is 2.62. The number of ether oxygens (including phenoxy) is 1. The van der Waals surface area contributed by atoms with Crippen molar-refractivity contribution in [2.75, 3.05) is 23.3 Å². The number of para-hydroxylation sites is 1. The molecule has 1 saturated heterocycles. The number of rotatable bonds is 3. The highest BCUT2D eigenvalue weighted by atomic mass is 16.5. The molecule has 0 bridgehead atoms. The van der Waals surface area contributed by atoms with E-state index in [0.29, 0.717) is 22.9 Å². The van der Waals surface area contributed by atoms with Crippen molar-refractivity contribution in [3.63, 3.8) is 0 Å². The molecule has 25 heavy (non-hydrogen) atoms. The fraction of sp³-hybridized carbons (Fsp3) is 0.333. The molecule has 0 unspecified atom stereocenters. The standard InChI is InChI=1S/C18H20N6O/c1-12-10-24(11-13(2)25-12)18-22-16-15(19-8-9-20-16)17(23-18)21-14-6-4-3-5-7-14/h3-9,12-13H,10-11H2,1-2H3,(H,20,21,22,23)/t12-,13-/m0/s1. The van der Waals surface area contributed by atoms with Gasteiger partial charge >= 0.3 is 0 Å². The summed E-state index contributed by atoms with van der Waals surface area (Å²) in [6, 6.07) is 9.91. The highest BCUT2D eigenvalue weighted by molar-refractivity contribution is 5.85. The van der Waals surface area contributed by atoms with Crippen LogP contribution in [0.25, 0.3) is 11.2 Å². The molecule has 2 aromatic heterocycles. The molecule has 0 saturated carbocycles. The first-order chi connectivity index (χ1) is 12.2. The Bertz CT molecular complexity index is 862. The fourth-order valence-corrected chi connectivity index (χ4v) is 3.08. The molecule has 3 heterocycles. The van der Waals surface area contributed by atoms with Crippen LogP contribution in [-0.2, 0) is 4.74 Å². The lowest BCUT2D eigenvalue weighted by Crippen LogP contribution is -2.46. The Labute approximate surface area is 146 Å². The second kappa shape index (κ2) is 6.60. The molecular weight excluding hydrogens is 316 g/mol. The number of nitrogens with zero attached hydrogens (tertiary/aromatic N) is 5. The summed E-state index contributed by atoms with van der Waals surface area (Å²) in [4.78, 5) is 20.3. The van der Waals surface area contributed by atoms with Crippen molar-refractivity contribution in [1.82, 2.24) is 19.9 Å². The van der Waals surface area contributed by atoms with Crippen LogP contribution in [0.1, 0.15) is 13.8 Å². The van der Waals surface area contributed by atoms with Gasteiger partial charge < -0.3 is 15.0 Å². The maximum Gasteiger partial charge on any atom is 0.229 e. The summed E-state index contributed by atoms with van der Waals surface area (Å²) in [6.07, 6.45) is 3.57. The van der Waals surface area contributed by atoms with E-state index in [1.165, 1.54) is 0 Å². The largest absolute Gasteiger partial charge is 0.372 e. The van der Waals surface area contributed by atoms with E-state index >= 15 is 0 Å². The van der Waals surface area contributed by atoms with Gasteiger partial charge in [-0.05, 0) is 26.0 Å². The van der Waals surface area contributed by atoms with E-state index < -0.39 is 0 Å². The zero-order chi connectivity index (χ0) is 17.2. The van der Waals surface area contributed by atoms with Gasteiger partial charge in [-0.3, -0.25) is 0 Å². The number of fused-ring (bicyclic) bond motifs is 1. The van der Waals surface area contributed by atoms with Crippen LogP contribution in [0.2, 0.25) is 0 Å². The molecule has 1 aliphatic heterocycles. The third kappa shape index (κ3) is 3.36. The Morgan fingerprint density at radius 3 is 2.48 bits per heavy atom. The summed E-state index contributed by atoms with van der Waals surface area (Å²) in [5.74, 6) is 1.31. The molecule has 0 spiro atoms. The Morgan fingerprint density at radius 1 is 1.00 bits per heavy atom. The number of nitrogens with one attached hydrogen (secondary N) is 1. The third-order valence-electron chi connectivity index (χ3n) is 4.06. The van der Waals surface area contributed by atoms with Crippen molar-refractivity contribution in [2.24, 2.45) is 0 Å². The van der Waals surface area contributed by atoms with Crippen LogP contribution in [0.4, 0.5) is 17.5 Å². The van der Waals surface area contributed by atoms with Gasteiger partial charge in [0.05, 0.1) is 12.2 Å². The van der Waals surface area contributed by atoms with E-state index in [0.717, 1.165) is 18.8 Å². The first kappa shape index (κ1) is 15.7. The van der Waals surface area contributed by atoms with Crippen molar-refractivity contribution in [3.05, 3.63) is 42.7 Å². The van der Waals surface area contributed by atoms with Crippen LogP contribution in [-0.4, -0.2) is 45.2 Å². The van der Waals surface area contributed by atoms with Crippen molar-refractivity contribution >= 4 is 28.6 Å². The Hall–Kier alpha value is -2.80. The summed E-state index contributed by atoms with van der Waals surface area (Å²) in [5, 5.41) is 3.34. The van der Waals surface area contributed by atoms with Gasteiger partial charge in [0.25, 0.3) is 0 Å². The Balaban J connectivity index is 1.76. The van der Waals surface area contributed by atoms with Crippen molar-refractivity contribution in [3.8, 4) is 0 Å². The molecular formula is C18H20N6O. The normalized spacial score (nSPS) is 20.6. The molecule has 128 valence electrons. The molecule has 0 aliphatic carbocycles. The van der Waals surface area contributed by atoms with E-state index in [4.69, 9.17) is 9.72 Å². The minimum atomic E-state index is 0.135. The molecule has 3 aromatic rings. The number of benzene rings is 1. The first-order valence-corrected chi connectivity index (χ1v) is 8.40. The fourth-order valence-electron chi connectivity index (χ4n) is 3.08. The quantitative estimate of drug-likeness (QED) is 0.788. The smallest absolute Gasteiger partial charge is 0.229 e. The summed E-state index contributed by atoms with van der Waals surface area (Å²) in [7, 11) is 0. The van der Waals surface area contributed by atoms with Gasteiger partial charge in [-0.15, -0.1) is 0 Å². The molecule has 0 radical (unpaired) electrons. The lowest BCUT2D eigenvalue weighted by Gasteiger charge is -2.35. The second-order valence-corrected chi connectivity index (χ2v) is 6.25. The van der Waals surface area contributed by atoms with E-state index in [1.54, 1.807) is 12.4 Å². The van der Waals surface area contributed by atoms with Crippen LogP contribution >= 0.6 is 0 Å². The predicted octanol–water partition coefficient (Wildman–Crippen LogP) is 2.78. The van der Waals surface area contributed by atoms with Gasteiger partial charge in [0.15, 0.2) is 17.0 Å². The lowest BCUT2D eigenvalue weighted by atomic mass is 10.2. The molecule has 0 amide bonds. The van der Waals surface area contributed by atoms with Gasteiger partial charge in [0, 0.05) is 31.2 Å². The summed E-state index contributed by atoms with van der Waals surface area (Å²) in [5.41, 5.74) is 2.19. The predicted molar refractivity (Wildman–Crippen MR) is 97.1 cm³/mol. The minimum Gasteiger partial charge on any atom is -0.372 e. The van der Waals surface area contributed by atoms with Crippen LogP contribution in [0.15, 0.2) is 42.7 Å². The molecule has 2 atom stereocenters. The number of anilines is 3. The maximum absolute atomic E-state index is 5.81. The van der Waals surface area contributed by atoms with E-state index in [2.05, 4.69) is 39.0 Å². The number of morpholine rings is 1.